The lowest BCUT2D eigenvalue weighted by Gasteiger charge is -2.35. The zero-order chi connectivity index (χ0) is 20.0. The minimum atomic E-state index is -0.123. The van der Waals surface area contributed by atoms with E-state index in [1.165, 1.54) is 0 Å². The molecule has 8 heteroatoms. The number of carbonyl (C=O) groups excluding carboxylic acids is 1. The molecule has 2 rings (SSSR count). The first-order valence-electron chi connectivity index (χ1n) is 9.38. The van der Waals surface area contributed by atoms with Crippen molar-refractivity contribution in [2.24, 2.45) is 10.9 Å². The third-order valence-electron chi connectivity index (χ3n) is 5.27. The number of likely N-dealkylation sites (tertiary alicyclic amines) is 1. The zero-order valence-electron chi connectivity index (χ0n) is 17.0. The topological polar surface area (TPSA) is 56.7 Å². The number of guanidine groups is 1. The summed E-state index contributed by atoms with van der Waals surface area (Å²) in [5, 5.41) is 7.35. The summed E-state index contributed by atoms with van der Waals surface area (Å²) in [6.07, 6.45) is 2.62. The minimum Gasteiger partial charge on any atom is -0.359 e. The lowest BCUT2D eigenvalue weighted by molar-refractivity contribution is -0.121. The van der Waals surface area contributed by atoms with Crippen molar-refractivity contribution in [3.63, 3.8) is 0 Å². The number of nitrogens with one attached hydrogen (secondary N) is 2. The molecule has 0 radical (unpaired) electrons. The number of piperidine rings is 1. The van der Waals surface area contributed by atoms with E-state index in [9.17, 15) is 4.79 Å². The van der Waals surface area contributed by atoms with Crippen LogP contribution in [0.25, 0.3) is 0 Å². The summed E-state index contributed by atoms with van der Waals surface area (Å²) in [5.74, 6) is 1.48. The van der Waals surface area contributed by atoms with Crippen molar-refractivity contribution in [2.45, 2.75) is 38.5 Å². The van der Waals surface area contributed by atoms with Gasteiger partial charge in [-0.05, 0) is 36.5 Å². The highest BCUT2D eigenvalue weighted by Crippen LogP contribution is 2.29. The quantitative estimate of drug-likeness (QED) is 0.332. The molecule has 0 aromatic heterocycles. The Kier molecular flexibility index (Phi) is 10.4. The van der Waals surface area contributed by atoms with Crippen LogP contribution in [0.5, 0.6) is 0 Å². The number of halogens is 3. The average Bonchev–Trinajstić information content (AvgIpc) is 2.65. The first kappa shape index (κ1) is 25.3. The number of aliphatic imine (C=N–C) groups is 1. The van der Waals surface area contributed by atoms with Crippen LogP contribution in [-0.4, -0.2) is 50.5 Å². The van der Waals surface area contributed by atoms with Crippen molar-refractivity contribution in [1.29, 1.82) is 0 Å². The number of nitrogens with zero attached hydrogens (tertiary/aromatic N) is 2. The van der Waals surface area contributed by atoms with E-state index in [0.717, 1.165) is 44.0 Å². The maximum absolute atomic E-state index is 11.6. The van der Waals surface area contributed by atoms with E-state index in [0.29, 0.717) is 22.4 Å². The molecular weight excluding hydrogens is 510 g/mol. The second-order valence-electron chi connectivity index (χ2n) is 7.72. The largest absolute Gasteiger partial charge is 0.359 e. The Morgan fingerprint density at radius 1 is 1.25 bits per heavy atom. The fourth-order valence-corrected chi connectivity index (χ4v) is 3.66. The molecule has 0 aliphatic carbocycles. The van der Waals surface area contributed by atoms with Gasteiger partial charge in [0, 0.05) is 45.6 Å². The summed E-state index contributed by atoms with van der Waals surface area (Å²) in [4.78, 5) is 18.3. The lowest BCUT2D eigenvalue weighted by atomic mass is 9.84. The number of amides is 1. The van der Waals surface area contributed by atoms with E-state index in [4.69, 9.17) is 23.2 Å². The monoisotopic (exact) mass is 540 g/mol. The molecular formula is C20H31Cl2IN4O. The molecule has 2 N–H and O–H groups in total. The molecule has 1 amide bonds. The predicted molar refractivity (Wildman–Crippen MR) is 129 cm³/mol. The zero-order valence-corrected chi connectivity index (χ0v) is 20.9. The number of rotatable bonds is 5. The normalized spacial score (nSPS) is 15.8. The van der Waals surface area contributed by atoms with Crippen molar-refractivity contribution < 1.29 is 4.79 Å². The van der Waals surface area contributed by atoms with Crippen LogP contribution in [0, 0.1) is 5.92 Å². The standard InChI is InChI=1S/C20H30Cl2N4O.HI/c1-20(2,15-5-6-16(21)17(22)12-15)13-25-19(24-4)26-9-7-14(8-10-26)11-18(27)23-3;/h5-6,12,14H,7-11,13H2,1-4H3,(H,23,27)(H,24,25);1H. The van der Waals surface area contributed by atoms with Gasteiger partial charge in [-0.25, -0.2) is 0 Å². The lowest BCUT2D eigenvalue weighted by Crippen LogP contribution is -2.48. The molecule has 0 bridgehead atoms. The maximum Gasteiger partial charge on any atom is 0.220 e. The second kappa shape index (κ2) is 11.5. The van der Waals surface area contributed by atoms with Gasteiger partial charge in [-0.2, -0.15) is 0 Å². The molecule has 0 spiro atoms. The van der Waals surface area contributed by atoms with Crippen LogP contribution in [0.4, 0.5) is 0 Å². The van der Waals surface area contributed by atoms with Crippen LogP contribution in [0.15, 0.2) is 23.2 Å². The first-order chi connectivity index (χ1) is 12.8. The number of carbonyl (C=O) groups is 1. The third kappa shape index (κ3) is 6.95. The van der Waals surface area contributed by atoms with E-state index in [1.807, 2.05) is 25.2 Å². The van der Waals surface area contributed by atoms with E-state index < -0.39 is 0 Å². The SMILES string of the molecule is CN=C(NCC(C)(C)c1ccc(Cl)c(Cl)c1)N1CCC(CC(=O)NC)CC1.I. The molecule has 28 heavy (non-hydrogen) atoms. The van der Waals surface area contributed by atoms with Crippen molar-refractivity contribution >= 4 is 59.0 Å². The van der Waals surface area contributed by atoms with Crippen LogP contribution in [-0.2, 0) is 10.2 Å². The molecule has 0 saturated carbocycles. The highest BCUT2D eigenvalue weighted by Gasteiger charge is 2.26. The Balaban J connectivity index is 0.00000392. The maximum atomic E-state index is 11.6. The molecule has 5 nitrogen and oxygen atoms in total. The molecule has 1 aliphatic rings. The molecule has 1 aliphatic heterocycles. The summed E-state index contributed by atoms with van der Waals surface area (Å²) in [6.45, 7) is 6.89. The van der Waals surface area contributed by atoms with Crippen LogP contribution in [0.2, 0.25) is 10.0 Å². The van der Waals surface area contributed by atoms with Crippen LogP contribution in [0.3, 0.4) is 0 Å². The van der Waals surface area contributed by atoms with Gasteiger partial charge in [-0.1, -0.05) is 43.1 Å². The molecule has 0 unspecified atom stereocenters. The summed E-state index contributed by atoms with van der Waals surface area (Å²) in [6, 6.07) is 5.79. The highest BCUT2D eigenvalue weighted by molar-refractivity contribution is 14.0. The summed E-state index contributed by atoms with van der Waals surface area (Å²) < 4.78 is 0. The first-order valence-corrected chi connectivity index (χ1v) is 10.1. The Morgan fingerprint density at radius 3 is 2.43 bits per heavy atom. The Labute approximate surface area is 195 Å². The van der Waals surface area contributed by atoms with Gasteiger partial charge in [-0.3, -0.25) is 9.79 Å². The van der Waals surface area contributed by atoms with Crippen molar-refractivity contribution in [2.75, 3.05) is 33.7 Å². The molecule has 1 aromatic carbocycles. The van der Waals surface area contributed by atoms with Gasteiger partial charge in [0.1, 0.15) is 0 Å². The van der Waals surface area contributed by atoms with Crippen molar-refractivity contribution in [3.8, 4) is 0 Å². The van der Waals surface area contributed by atoms with Gasteiger partial charge in [0.25, 0.3) is 0 Å². The van der Waals surface area contributed by atoms with Gasteiger partial charge < -0.3 is 15.5 Å². The average molecular weight is 541 g/mol. The summed E-state index contributed by atoms with van der Waals surface area (Å²) in [7, 11) is 3.50. The van der Waals surface area contributed by atoms with Crippen LogP contribution >= 0.6 is 47.2 Å². The number of hydrogen-bond donors (Lipinski definition) is 2. The van der Waals surface area contributed by atoms with Crippen LogP contribution < -0.4 is 10.6 Å². The van der Waals surface area contributed by atoms with Gasteiger partial charge >= 0.3 is 0 Å². The summed E-state index contributed by atoms with van der Waals surface area (Å²) >= 11 is 12.2. The van der Waals surface area contributed by atoms with Gasteiger partial charge in [0.15, 0.2) is 5.96 Å². The van der Waals surface area contributed by atoms with Gasteiger partial charge in [-0.15, -0.1) is 24.0 Å². The van der Waals surface area contributed by atoms with E-state index in [-0.39, 0.29) is 35.3 Å². The Bertz CT molecular complexity index is 689. The molecule has 1 heterocycles. The Morgan fingerprint density at radius 2 is 1.89 bits per heavy atom. The third-order valence-corrected chi connectivity index (χ3v) is 6.01. The van der Waals surface area contributed by atoms with Crippen molar-refractivity contribution in [1.82, 2.24) is 15.5 Å². The molecule has 1 fully saturated rings. The van der Waals surface area contributed by atoms with E-state index in [1.54, 1.807) is 7.05 Å². The molecule has 1 aromatic rings. The second-order valence-corrected chi connectivity index (χ2v) is 8.54. The fourth-order valence-electron chi connectivity index (χ4n) is 3.36. The highest BCUT2D eigenvalue weighted by atomic mass is 127. The van der Waals surface area contributed by atoms with Gasteiger partial charge in [0.05, 0.1) is 10.0 Å². The fraction of sp³-hybridized carbons (Fsp3) is 0.600. The van der Waals surface area contributed by atoms with E-state index in [2.05, 4.69) is 34.4 Å². The molecule has 158 valence electrons. The minimum absolute atomic E-state index is 0. The molecule has 1 saturated heterocycles. The number of hydrogen-bond acceptors (Lipinski definition) is 2. The number of benzene rings is 1. The van der Waals surface area contributed by atoms with Gasteiger partial charge in [0.2, 0.25) is 5.91 Å². The van der Waals surface area contributed by atoms with E-state index >= 15 is 0 Å². The van der Waals surface area contributed by atoms with Crippen molar-refractivity contribution in [3.05, 3.63) is 33.8 Å². The smallest absolute Gasteiger partial charge is 0.220 e. The molecule has 0 atom stereocenters. The van der Waals surface area contributed by atoms with Crippen LogP contribution in [0.1, 0.15) is 38.7 Å². The summed E-state index contributed by atoms with van der Waals surface area (Å²) in [5.41, 5.74) is 1.01. The predicted octanol–water partition coefficient (Wildman–Crippen LogP) is 4.31. The Hall–Kier alpha value is -0.730.